The van der Waals surface area contributed by atoms with E-state index in [1.54, 1.807) is 24.4 Å². The molecule has 9 heteroatoms. The van der Waals surface area contributed by atoms with Crippen LogP contribution in [0.1, 0.15) is 10.4 Å². The third kappa shape index (κ3) is 4.89. The molecule has 2 heterocycles. The third-order valence-electron chi connectivity index (χ3n) is 5.08. The predicted octanol–water partition coefficient (Wildman–Crippen LogP) is 3.33. The highest BCUT2D eigenvalue weighted by Crippen LogP contribution is 2.31. The van der Waals surface area contributed by atoms with Gasteiger partial charge in [0, 0.05) is 30.5 Å². The van der Waals surface area contributed by atoms with E-state index in [4.69, 9.17) is 14.2 Å². The first-order valence-electron chi connectivity index (χ1n) is 10.2. The normalized spacial score (nSPS) is 13.4. The maximum absolute atomic E-state index is 12.7. The highest BCUT2D eigenvalue weighted by Gasteiger charge is 2.16. The lowest BCUT2D eigenvalue weighted by atomic mass is 10.1. The molecule has 1 saturated heterocycles. The van der Waals surface area contributed by atoms with Crippen LogP contribution in [-0.2, 0) is 4.74 Å². The van der Waals surface area contributed by atoms with Gasteiger partial charge in [-0.3, -0.25) is 4.79 Å². The average Bonchev–Trinajstić information content (AvgIpc) is 2.85. The largest absolute Gasteiger partial charge is 0.493 e. The maximum atomic E-state index is 12.7. The number of amides is 1. The molecule has 32 heavy (non-hydrogen) atoms. The van der Waals surface area contributed by atoms with E-state index >= 15 is 0 Å². The fourth-order valence-corrected chi connectivity index (χ4v) is 3.46. The molecule has 4 rings (SSSR count). The van der Waals surface area contributed by atoms with Crippen LogP contribution < -0.4 is 25.0 Å². The van der Waals surface area contributed by atoms with E-state index in [-0.39, 0.29) is 5.91 Å². The number of rotatable bonds is 7. The summed E-state index contributed by atoms with van der Waals surface area (Å²) in [6.07, 6.45) is 1.75. The van der Waals surface area contributed by atoms with Crippen molar-refractivity contribution in [3.05, 3.63) is 60.3 Å². The molecule has 9 nitrogen and oxygen atoms in total. The fourth-order valence-electron chi connectivity index (χ4n) is 3.46. The maximum Gasteiger partial charge on any atom is 0.259 e. The average molecular weight is 435 g/mol. The van der Waals surface area contributed by atoms with Crippen LogP contribution in [0.4, 0.5) is 22.9 Å². The molecule has 1 fully saturated rings. The lowest BCUT2D eigenvalue weighted by Gasteiger charge is -2.28. The van der Waals surface area contributed by atoms with E-state index in [1.165, 1.54) is 14.2 Å². The molecule has 1 aromatic heterocycles. The van der Waals surface area contributed by atoms with E-state index in [9.17, 15) is 4.79 Å². The minimum atomic E-state index is -0.287. The number of para-hydroxylation sites is 1. The van der Waals surface area contributed by atoms with Crippen molar-refractivity contribution in [2.45, 2.75) is 0 Å². The first-order chi connectivity index (χ1) is 15.7. The Kier molecular flexibility index (Phi) is 6.66. The van der Waals surface area contributed by atoms with Gasteiger partial charge in [0.2, 0.25) is 0 Å². The zero-order valence-electron chi connectivity index (χ0n) is 18.0. The van der Waals surface area contributed by atoms with Crippen molar-refractivity contribution in [3.8, 4) is 11.5 Å². The van der Waals surface area contributed by atoms with Gasteiger partial charge in [0.15, 0.2) is 17.3 Å². The van der Waals surface area contributed by atoms with Crippen molar-refractivity contribution in [2.75, 3.05) is 56.1 Å². The Morgan fingerprint density at radius 1 is 1.03 bits per heavy atom. The van der Waals surface area contributed by atoms with Crippen LogP contribution in [0, 0.1) is 0 Å². The van der Waals surface area contributed by atoms with Gasteiger partial charge in [-0.15, -0.1) is 5.10 Å². The molecule has 0 atom stereocenters. The second-order valence-electron chi connectivity index (χ2n) is 7.10. The van der Waals surface area contributed by atoms with Gasteiger partial charge in [-0.05, 0) is 36.4 Å². The minimum absolute atomic E-state index is 0.287. The Morgan fingerprint density at radius 3 is 2.50 bits per heavy atom. The number of ether oxygens (including phenoxy) is 3. The van der Waals surface area contributed by atoms with Crippen molar-refractivity contribution in [1.29, 1.82) is 0 Å². The van der Waals surface area contributed by atoms with Gasteiger partial charge >= 0.3 is 0 Å². The summed E-state index contributed by atoms with van der Waals surface area (Å²) in [7, 11) is 3.04. The lowest BCUT2D eigenvalue weighted by molar-refractivity contribution is 0.102. The number of nitrogens with zero attached hydrogens (tertiary/aromatic N) is 3. The molecule has 1 aliphatic rings. The van der Waals surface area contributed by atoms with E-state index in [0.717, 1.165) is 24.5 Å². The fraction of sp³-hybridized carbons (Fsp3) is 0.261. The zero-order chi connectivity index (χ0) is 22.3. The summed E-state index contributed by atoms with van der Waals surface area (Å²) in [5, 5.41) is 14.4. The van der Waals surface area contributed by atoms with E-state index in [1.807, 2.05) is 30.3 Å². The number of benzene rings is 2. The van der Waals surface area contributed by atoms with Crippen molar-refractivity contribution in [2.24, 2.45) is 0 Å². The topological polar surface area (TPSA) is 97.8 Å². The Morgan fingerprint density at radius 2 is 1.78 bits per heavy atom. The molecular formula is C23H25N5O4. The number of methoxy groups -OCH3 is 2. The molecule has 1 aliphatic heterocycles. The first kappa shape index (κ1) is 21.4. The SMILES string of the molecule is COc1cccc(C(=O)Nc2ccc(Nc3cc(N4CCOCC4)cnn3)cc2)c1OC. The summed E-state index contributed by atoms with van der Waals surface area (Å²) in [4.78, 5) is 14.9. The predicted molar refractivity (Wildman–Crippen MR) is 122 cm³/mol. The van der Waals surface area contributed by atoms with Crippen LogP contribution in [0.5, 0.6) is 11.5 Å². The highest BCUT2D eigenvalue weighted by molar-refractivity contribution is 6.06. The molecule has 166 valence electrons. The van der Waals surface area contributed by atoms with Crippen LogP contribution >= 0.6 is 0 Å². The Balaban J connectivity index is 1.42. The third-order valence-corrected chi connectivity index (χ3v) is 5.08. The molecule has 0 saturated carbocycles. The number of hydrogen-bond acceptors (Lipinski definition) is 8. The molecular weight excluding hydrogens is 410 g/mol. The molecule has 0 spiro atoms. The summed E-state index contributed by atoms with van der Waals surface area (Å²) < 4.78 is 16.0. The van der Waals surface area contributed by atoms with Gasteiger partial charge in [0.05, 0.1) is 44.9 Å². The van der Waals surface area contributed by atoms with E-state index in [2.05, 4.69) is 25.7 Å². The van der Waals surface area contributed by atoms with E-state index < -0.39 is 0 Å². The summed E-state index contributed by atoms with van der Waals surface area (Å²) in [5.41, 5.74) is 2.88. The summed E-state index contributed by atoms with van der Waals surface area (Å²) in [6, 6.07) is 14.5. The molecule has 0 unspecified atom stereocenters. The second kappa shape index (κ2) is 9.97. The molecule has 1 amide bonds. The Hall–Kier alpha value is -3.85. The smallest absolute Gasteiger partial charge is 0.259 e. The van der Waals surface area contributed by atoms with Crippen molar-refractivity contribution in [3.63, 3.8) is 0 Å². The van der Waals surface area contributed by atoms with Crippen molar-refractivity contribution in [1.82, 2.24) is 10.2 Å². The van der Waals surface area contributed by atoms with Crippen LogP contribution in [0.3, 0.4) is 0 Å². The van der Waals surface area contributed by atoms with Crippen molar-refractivity contribution >= 4 is 28.8 Å². The number of morpholine rings is 1. The van der Waals surface area contributed by atoms with Gasteiger partial charge < -0.3 is 29.7 Å². The van der Waals surface area contributed by atoms with Gasteiger partial charge in [-0.1, -0.05) is 6.07 Å². The Labute approximate surface area is 186 Å². The summed E-state index contributed by atoms with van der Waals surface area (Å²) in [6.45, 7) is 3.08. The number of anilines is 4. The van der Waals surface area contributed by atoms with Gasteiger partial charge in [0.25, 0.3) is 5.91 Å². The number of carbonyl (C=O) groups is 1. The van der Waals surface area contributed by atoms with Crippen molar-refractivity contribution < 1.29 is 19.0 Å². The number of carbonyl (C=O) groups excluding carboxylic acids is 1. The quantitative estimate of drug-likeness (QED) is 0.583. The summed E-state index contributed by atoms with van der Waals surface area (Å²) in [5.74, 6) is 1.25. The van der Waals surface area contributed by atoms with E-state index in [0.29, 0.717) is 41.8 Å². The van der Waals surface area contributed by atoms with Gasteiger partial charge in [-0.2, -0.15) is 5.10 Å². The molecule has 2 aromatic carbocycles. The van der Waals surface area contributed by atoms with Crippen LogP contribution in [-0.4, -0.2) is 56.6 Å². The van der Waals surface area contributed by atoms with Crippen LogP contribution in [0.2, 0.25) is 0 Å². The van der Waals surface area contributed by atoms with Crippen LogP contribution in [0.15, 0.2) is 54.7 Å². The second-order valence-corrected chi connectivity index (χ2v) is 7.10. The molecule has 0 bridgehead atoms. The monoisotopic (exact) mass is 435 g/mol. The molecule has 0 aliphatic carbocycles. The Bertz CT molecular complexity index is 1070. The first-order valence-corrected chi connectivity index (χ1v) is 10.2. The number of aromatic nitrogens is 2. The van der Waals surface area contributed by atoms with Gasteiger partial charge in [-0.25, -0.2) is 0 Å². The zero-order valence-corrected chi connectivity index (χ0v) is 18.0. The standard InChI is InChI=1S/C23H25N5O4/c1-30-20-5-3-4-19(22(20)31-2)23(29)26-17-8-6-16(7-9-17)25-21-14-18(15-24-27-21)28-10-12-32-13-11-28/h3-9,14-15H,10-13H2,1-2H3,(H,25,27)(H,26,29). The van der Waals surface area contributed by atoms with Gasteiger partial charge in [0.1, 0.15) is 0 Å². The number of hydrogen-bond donors (Lipinski definition) is 2. The van der Waals surface area contributed by atoms with Crippen LogP contribution in [0.25, 0.3) is 0 Å². The molecule has 0 radical (unpaired) electrons. The lowest BCUT2D eigenvalue weighted by Crippen LogP contribution is -2.36. The molecule has 2 N–H and O–H groups in total. The molecule has 3 aromatic rings. The highest BCUT2D eigenvalue weighted by atomic mass is 16.5. The minimum Gasteiger partial charge on any atom is -0.493 e. The summed E-state index contributed by atoms with van der Waals surface area (Å²) >= 11 is 0. The number of nitrogens with one attached hydrogen (secondary N) is 2.